The van der Waals surface area contributed by atoms with Crippen LogP contribution in [0.4, 0.5) is 4.79 Å². The third-order valence-corrected chi connectivity index (χ3v) is 4.16. The number of benzene rings is 1. The van der Waals surface area contributed by atoms with Crippen molar-refractivity contribution in [3.05, 3.63) is 29.7 Å². The molecule has 1 aromatic carbocycles. The van der Waals surface area contributed by atoms with Gasteiger partial charge < -0.3 is 0 Å². The molecule has 2 rings (SSSR count). The Bertz CT molecular complexity index is 837. The third-order valence-electron chi connectivity index (χ3n) is 2.96. The summed E-state index contributed by atoms with van der Waals surface area (Å²) < 4.78 is 79.9. The molecule has 21 heavy (non-hydrogen) atoms. The zero-order chi connectivity index (χ0) is 21.3. The summed E-state index contributed by atoms with van der Waals surface area (Å²) in [7, 11) is -4.78. The van der Waals surface area contributed by atoms with Crippen LogP contribution in [0, 0.1) is 6.85 Å². The molecule has 1 aliphatic rings. The SMILES string of the molecule is [2H]c1c([2H])c(S(=O)(=O)NC(=O)NN2CCCCCC2)c([2H])c([2H])c1C([2H])([2H])[2H]. The maximum atomic E-state index is 12.5. The van der Waals surface area contributed by atoms with E-state index in [0.717, 1.165) is 25.7 Å². The zero-order valence-electron chi connectivity index (χ0n) is 18.3. The maximum Gasteiger partial charge on any atom is 0.343 e. The lowest BCUT2D eigenvalue weighted by Gasteiger charge is -2.20. The Labute approximate surface area is 135 Å². The molecule has 2 amide bonds. The molecular formula is C14H21N3O3S. The molecular weight excluding hydrogens is 290 g/mol. The fourth-order valence-electron chi connectivity index (χ4n) is 1.96. The highest BCUT2D eigenvalue weighted by Gasteiger charge is 2.19. The normalized spacial score (nSPS) is 22.4. The minimum Gasteiger partial charge on any atom is -0.270 e. The first-order valence-electron chi connectivity index (χ1n) is 10.1. The second-order valence-corrected chi connectivity index (χ2v) is 6.27. The summed E-state index contributed by atoms with van der Waals surface area (Å²) in [6.07, 6.45) is 3.66. The van der Waals surface area contributed by atoms with Crippen LogP contribution in [-0.4, -0.2) is 32.5 Å². The third kappa shape index (κ3) is 4.71. The Morgan fingerprint density at radius 3 is 2.38 bits per heavy atom. The number of hydrogen-bond donors (Lipinski definition) is 2. The van der Waals surface area contributed by atoms with E-state index in [-0.39, 0.29) is 0 Å². The van der Waals surface area contributed by atoms with Gasteiger partial charge in [0, 0.05) is 17.2 Å². The molecule has 1 heterocycles. The van der Waals surface area contributed by atoms with Crippen LogP contribution >= 0.6 is 0 Å². The number of sulfonamides is 1. The van der Waals surface area contributed by atoms with Gasteiger partial charge in [-0.25, -0.2) is 22.9 Å². The summed E-state index contributed by atoms with van der Waals surface area (Å²) in [6, 6.07) is -5.19. The van der Waals surface area contributed by atoms with Gasteiger partial charge in [-0.1, -0.05) is 30.5 Å². The molecule has 1 aromatic rings. The molecule has 2 N–H and O–H groups in total. The topological polar surface area (TPSA) is 78.5 Å². The van der Waals surface area contributed by atoms with Gasteiger partial charge in [-0.2, -0.15) is 0 Å². The molecule has 0 aromatic heterocycles. The van der Waals surface area contributed by atoms with E-state index >= 15 is 0 Å². The number of nitrogens with one attached hydrogen (secondary N) is 2. The van der Waals surface area contributed by atoms with E-state index in [1.807, 2.05) is 0 Å². The number of nitrogens with zero attached hydrogens (tertiary/aromatic N) is 1. The van der Waals surface area contributed by atoms with Gasteiger partial charge in [0.1, 0.15) is 0 Å². The lowest BCUT2D eigenvalue weighted by molar-refractivity contribution is 0.184. The van der Waals surface area contributed by atoms with E-state index in [9.17, 15) is 13.2 Å². The average Bonchev–Trinajstić information content (AvgIpc) is 2.79. The first kappa shape index (κ1) is 8.75. The van der Waals surface area contributed by atoms with Crippen LogP contribution in [0.1, 0.15) is 40.8 Å². The molecule has 0 unspecified atom stereocenters. The fourth-order valence-corrected chi connectivity index (χ4v) is 2.72. The number of rotatable bonds is 3. The van der Waals surface area contributed by atoms with Gasteiger partial charge in [0.05, 0.1) is 10.4 Å². The summed E-state index contributed by atoms with van der Waals surface area (Å²) in [6.45, 7) is -1.87. The van der Waals surface area contributed by atoms with Gasteiger partial charge in [0.2, 0.25) is 0 Å². The fraction of sp³-hybridized carbons (Fsp3) is 0.500. The first-order valence-corrected chi connectivity index (χ1v) is 8.03. The second-order valence-electron chi connectivity index (χ2n) is 4.65. The molecule has 6 nitrogen and oxygen atoms in total. The molecule has 7 heteroatoms. The lowest BCUT2D eigenvalue weighted by atomic mass is 10.2. The highest BCUT2D eigenvalue weighted by atomic mass is 32.2. The van der Waals surface area contributed by atoms with Crippen molar-refractivity contribution in [2.45, 2.75) is 37.4 Å². The number of hydrazine groups is 1. The van der Waals surface area contributed by atoms with Crippen molar-refractivity contribution in [3.8, 4) is 0 Å². The van der Waals surface area contributed by atoms with Gasteiger partial charge >= 0.3 is 6.03 Å². The number of hydrogen-bond acceptors (Lipinski definition) is 4. The summed E-state index contributed by atoms with van der Waals surface area (Å²) in [5.41, 5.74) is 1.51. The van der Waals surface area contributed by atoms with Crippen molar-refractivity contribution in [1.29, 1.82) is 0 Å². The molecule has 1 aliphatic heterocycles. The van der Waals surface area contributed by atoms with Crippen LogP contribution in [0.25, 0.3) is 0 Å². The Morgan fingerprint density at radius 1 is 1.19 bits per heavy atom. The number of amides is 2. The smallest absolute Gasteiger partial charge is 0.270 e. The number of carbonyl (C=O) groups excluding carboxylic acids is 1. The Kier molecular flexibility index (Phi) is 2.88. The molecule has 0 aliphatic carbocycles. The highest BCUT2D eigenvalue weighted by molar-refractivity contribution is 7.90. The van der Waals surface area contributed by atoms with Gasteiger partial charge in [-0.3, -0.25) is 5.43 Å². The van der Waals surface area contributed by atoms with Crippen molar-refractivity contribution in [1.82, 2.24) is 15.2 Å². The van der Waals surface area contributed by atoms with E-state index in [4.69, 9.17) is 9.60 Å². The van der Waals surface area contributed by atoms with Gasteiger partial charge in [-0.15, -0.1) is 0 Å². The van der Waals surface area contributed by atoms with Crippen molar-refractivity contribution in [2.75, 3.05) is 13.1 Å². The van der Waals surface area contributed by atoms with E-state index in [1.165, 1.54) is 0 Å². The lowest BCUT2D eigenvalue weighted by Crippen LogP contribution is -2.49. The Balaban J connectivity index is 2.34. The van der Waals surface area contributed by atoms with Gasteiger partial charge in [0.25, 0.3) is 10.0 Å². The Morgan fingerprint density at radius 2 is 1.81 bits per heavy atom. The van der Waals surface area contributed by atoms with Crippen LogP contribution in [0.5, 0.6) is 0 Å². The van der Waals surface area contributed by atoms with Crippen molar-refractivity contribution in [3.63, 3.8) is 0 Å². The molecule has 1 saturated heterocycles. The Hall–Kier alpha value is -1.60. The van der Waals surface area contributed by atoms with Gasteiger partial charge in [-0.05, 0) is 31.8 Å². The number of urea groups is 1. The van der Waals surface area contributed by atoms with E-state index in [1.54, 1.807) is 9.73 Å². The monoisotopic (exact) mass is 318 g/mol. The number of carbonyl (C=O) groups is 1. The molecule has 116 valence electrons. The van der Waals surface area contributed by atoms with E-state index in [0.29, 0.717) is 13.1 Å². The van der Waals surface area contributed by atoms with Crippen molar-refractivity contribution >= 4 is 16.1 Å². The molecule has 0 bridgehead atoms. The minimum absolute atomic E-state index is 0.544. The van der Waals surface area contributed by atoms with Crippen LogP contribution < -0.4 is 10.1 Å². The largest absolute Gasteiger partial charge is 0.343 e. The minimum atomic E-state index is -4.78. The predicted octanol–water partition coefficient (Wildman–Crippen LogP) is 1.77. The van der Waals surface area contributed by atoms with Crippen LogP contribution in [0.3, 0.4) is 0 Å². The molecule has 0 spiro atoms. The maximum absolute atomic E-state index is 12.5. The van der Waals surface area contributed by atoms with Crippen LogP contribution in [0.2, 0.25) is 0 Å². The standard InChI is InChI=1S/C14H21N3O3S/c1-12-6-8-13(9-7-12)21(19,20)16-14(18)15-17-10-4-2-3-5-11-17/h6-9H,2-5,10-11H2,1H3,(H2,15,16,18)/i1D3,6D,7D,8D,9D. The molecule has 0 radical (unpaired) electrons. The predicted molar refractivity (Wildman–Crippen MR) is 80.1 cm³/mol. The quantitative estimate of drug-likeness (QED) is 0.890. The first-order chi connectivity index (χ1) is 12.9. The summed E-state index contributed by atoms with van der Waals surface area (Å²) in [5.74, 6) is 0. The highest BCUT2D eigenvalue weighted by Crippen LogP contribution is 2.10. The van der Waals surface area contributed by atoms with Gasteiger partial charge in [0.15, 0.2) is 0 Å². The summed E-state index contributed by atoms with van der Waals surface area (Å²) >= 11 is 0. The summed E-state index contributed by atoms with van der Waals surface area (Å²) in [5, 5.41) is 1.56. The molecule has 0 saturated carbocycles. The van der Waals surface area contributed by atoms with Crippen molar-refractivity contribution < 1.29 is 22.8 Å². The average molecular weight is 318 g/mol. The van der Waals surface area contributed by atoms with Crippen LogP contribution in [0.15, 0.2) is 29.1 Å². The molecule has 1 fully saturated rings. The summed E-state index contributed by atoms with van der Waals surface area (Å²) in [4.78, 5) is 11.0. The zero-order valence-corrected chi connectivity index (χ0v) is 12.1. The molecule has 0 atom stereocenters. The van der Waals surface area contributed by atoms with Crippen LogP contribution in [-0.2, 0) is 10.0 Å². The van der Waals surface area contributed by atoms with Crippen molar-refractivity contribution in [2.24, 2.45) is 0 Å². The second kappa shape index (κ2) is 6.91. The van der Waals surface area contributed by atoms with E-state index < -0.39 is 57.5 Å². The van der Waals surface area contributed by atoms with E-state index in [2.05, 4.69) is 5.43 Å².